The molecule has 180 valence electrons. The van der Waals surface area contributed by atoms with Gasteiger partial charge in [0.2, 0.25) is 10.0 Å². The molecule has 2 heterocycles. The van der Waals surface area contributed by atoms with Crippen LogP contribution in [0.3, 0.4) is 0 Å². The molecule has 0 spiro atoms. The summed E-state index contributed by atoms with van der Waals surface area (Å²) in [4.78, 5) is 20.3. The van der Waals surface area contributed by atoms with Crippen LogP contribution in [0.25, 0.3) is 32.9 Å². The van der Waals surface area contributed by atoms with Crippen molar-refractivity contribution >= 4 is 37.6 Å². The van der Waals surface area contributed by atoms with Crippen LogP contribution >= 0.6 is 0 Å². The molecule has 1 fully saturated rings. The first-order chi connectivity index (χ1) is 16.8. The zero-order chi connectivity index (χ0) is 24.6. The van der Waals surface area contributed by atoms with Crippen molar-refractivity contribution in [2.24, 2.45) is 0 Å². The third-order valence-electron chi connectivity index (χ3n) is 6.45. The first-order valence-corrected chi connectivity index (χ1v) is 13.4. The van der Waals surface area contributed by atoms with E-state index in [4.69, 9.17) is 9.72 Å². The first-order valence-electron chi connectivity index (χ1n) is 11.6. The molecular weight excluding hydrogens is 462 g/mol. The lowest BCUT2D eigenvalue weighted by atomic mass is 9.99. The summed E-state index contributed by atoms with van der Waals surface area (Å²) >= 11 is 0. The van der Waals surface area contributed by atoms with Crippen LogP contribution in [0.15, 0.2) is 66.7 Å². The van der Waals surface area contributed by atoms with Gasteiger partial charge in [-0.1, -0.05) is 36.4 Å². The molecule has 3 aromatic carbocycles. The van der Waals surface area contributed by atoms with Crippen molar-refractivity contribution in [2.45, 2.75) is 18.9 Å². The van der Waals surface area contributed by atoms with Crippen molar-refractivity contribution < 1.29 is 17.9 Å². The predicted molar refractivity (Wildman–Crippen MR) is 138 cm³/mol. The van der Waals surface area contributed by atoms with Crippen LogP contribution in [0.1, 0.15) is 23.2 Å². The van der Waals surface area contributed by atoms with E-state index in [1.807, 2.05) is 60.7 Å². The smallest absolute Gasteiger partial charge is 0.254 e. The first kappa shape index (κ1) is 23.3. The van der Waals surface area contributed by atoms with Gasteiger partial charge in [0.25, 0.3) is 5.91 Å². The van der Waals surface area contributed by atoms with Gasteiger partial charge in [-0.3, -0.25) is 4.79 Å². The van der Waals surface area contributed by atoms with E-state index in [0.717, 1.165) is 38.7 Å². The SMILES string of the molecule is COc1ccc2cc(-c3cc(C(=O)N4CCC(NS(C)(=O)=O)CC4)c4ccccc4n3)ccc2c1. The standard InChI is InChI=1S/C27H27N3O4S/c1-34-22-10-9-18-15-20(8-7-19(18)16-22)26-17-24(23-5-3-4-6-25(23)28-26)27(31)30-13-11-21(12-14-30)29-35(2,32)33/h3-10,15-17,21,29H,11-14H2,1-2H3. The van der Waals surface area contributed by atoms with E-state index in [2.05, 4.69) is 10.8 Å². The number of amides is 1. The van der Waals surface area contributed by atoms with Crippen LogP contribution in [0.2, 0.25) is 0 Å². The second-order valence-electron chi connectivity index (χ2n) is 8.96. The Balaban J connectivity index is 1.49. The van der Waals surface area contributed by atoms with Gasteiger partial charge in [-0.15, -0.1) is 0 Å². The summed E-state index contributed by atoms with van der Waals surface area (Å²) in [5.41, 5.74) is 3.03. The number of para-hydroxylation sites is 1. The van der Waals surface area contributed by atoms with Gasteiger partial charge in [0.15, 0.2) is 0 Å². The number of carbonyl (C=O) groups excluding carboxylic acids is 1. The van der Waals surface area contributed by atoms with Gasteiger partial charge in [0, 0.05) is 30.1 Å². The van der Waals surface area contributed by atoms with Crippen molar-refractivity contribution in [3.8, 4) is 17.0 Å². The molecule has 1 aliphatic rings. The lowest BCUT2D eigenvalue weighted by Gasteiger charge is -2.32. The van der Waals surface area contributed by atoms with E-state index in [1.54, 1.807) is 12.0 Å². The summed E-state index contributed by atoms with van der Waals surface area (Å²) in [7, 11) is -1.62. The van der Waals surface area contributed by atoms with Crippen LogP contribution in [-0.4, -0.2) is 56.7 Å². The minimum Gasteiger partial charge on any atom is -0.497 e. The highest BCUT2D eigenvalue weighted by Gasteiger charge is 2.26. The van der Waals surface area contributed by atoms with Gasteiger partial charge in [-0.05, 0) is 53.9 Å². The molecule has 0 unspecified atom stereocenters. The highest BCUT2D eigenvalue weighted by Crippen LogP contribution is 2.30. The topological polar surface area (TPSA) is 88.6 Å². The number of methoxy groups -OCH3 is 1. The van der Waals surface area contributed by atoms with Crippen molar-refractivity contribution in [1.82, 2.24) is 14.6 Å². The van der Waals surface area contributed by atoms with Crippen LogP contribution in [0, 0.1) is 0 Å². The molecular formula is C27H27N3O4S. The zero-order valence-electron chi connectivity index (χ0n) is 19.7. The average molecular weight is 490 g/mol. The second kappa shape index (κ2) is 9.28. The highest BCUT2D eigenvalue weighted by molar-refractivity contribution is 7.88. The van der Waals surface area contributed by atoms with Gasteiger partial charge in [-0.25, -0.2) is 18.1 Å². The van der Waals surface area contributed by atoms with Gasteiger partial charge in [0.05, 0.1) is 30.1 Å². The van der Waals surface area contributed by atoms with Gasteiger partial charge in [0.1, 0.15) is 5.75 Å². The lowest BCUT2D eigenvalue weighted by Crippen LogP contribution is -2.46. The number of nitrogens with one attached hydrogen (secondary N) is 1. The fourth-order valence-electron chi connectivity index (χ4n) is 4.68. The van der Waals surface area contributed by atoms with Crippen molar-refractivity contribution in [1.29, 1.82) is 0 Å². The molecule has 1 N–H and O–H groups in total. The number of benzene rings is 3. The van der Waals surface area contributed by atoms with Gasteiger partial charge >= 0.3 is 0 Å². The minimum atomic E-state index is -3.27. The fraction of sp³-hybridized carbons (Fsp3) is 0.259. The average Bonchev–Trinajstić information content (AvgIpc) is 2.86. The number of piperidine rings is 1. The quantitative estimate of drug-likeness (QED) is 0.454. The summed E-state index contributed by atoms with van der Waals surface area (Å²) in [6, 6.07) is 21.4. The van der Waals surface area contributed by atoms with E-state index >= 15 is 0 Å². The number of hydrogen-bond donors (Lipinski definition) is 1. The molecule has 1 saturated heterocycles. The third kappa shape index (κ3) is 4.99. The maximum absolute atomic E-state index is 13.6. The largest absolute Gasteiger partial charge is 0.497 e. The molecule has 0 bridgehead atoms. The Morgan fingerprint density at radius 1 is 1.00 bits per heavy atom. The Bertz CT molecular complexity index is 1530. The highest BCUT2D eigenvalue weighted by atomic mass is 32.2. The Morgan fingerprint density at radius 2 is 1.71 bits per heavy atom. The molecule has 1 aromatic heterocycles. The van der Waals surface area contributed by atoms with Gasteiger partial charge < -0.3 is 9.64 Å². The number of nitrogens with zero attached hydrogens (tertiary/aromatic N) is 2. The number of carbonyl (C=O) groups is 1. The molecule has 0 saturated carbocycles. The molecule has 1 aliphatic heterocycles. The summed E-state index contributed by atoms with van der Waals surface area (Å²) in [5.74, 6) is 0.741. The Labute approximate surface area is 204 Å². The molecule has 7 nitrogen and oxygen atoms in total. The van der Waals surface area contributed by atoms with Gasteiger partial charge in [-0.2, -0.15) is 0 Å². The number of fused-ring (bicyclic) bond motifs is 2. The Morgan fingerprint density at radius 3 is 2.46 bits per heavy atom. The third-order valence-corrected chi connectivity index (χ3v) is 7.21. The van der Waals surface area contributed by atoms with Crippen molar-refractivity contribution in [2.75, 3.05) is 26.5 Å². The molecule has 0 radical (unpaired) electrons. The zero-order valence-corrected chi connectivity index (χ0v) is 20.5. The van der Waals surface area contributed by atoms with E-state index in [9.17, 15) is 13.2 Å². The number of rotatable bonds is 5. The molecule has 1 amide bonds. The van der Waals surface area contributed by atoms with Crippen molar-refractivity contribution in [3.63, 3.8) is 0 Å². The number of likely N-dealkylation sites (tertiary alicyclic amines) is 1. The van der Waals surface area contributed by atoms with E-state index in [1.165, 1.54) is 6.26 Å². The second-order valence-corrected chi connectivity index (χ2v) is 10.7. The van der Waals surface area contributed by atoms with E-state index in [-0.39, 0.29) is 11.9 Å². The molecule has 5 rings (SSSR count). The molecule has 8 heteroatoms. The maximum Gasteiger partial charge on any atom is 0.254 e. The number of sulfonamides is 1. The fourth-order valence-corrected chi connectivity index (χ4v) is 5.53. The van der Waals surface area contributed by atoms with Crippen LogP contribution < -0.4 is 9.46 Å². The maximum atomic E-state index is 13.6. The Hall–Kier alpha value is -3.49. The van der Waals surface area contributed by atoms with Crippen LogP contribution in [0.4, 0.5) is 0 Å². The molecule has 4 aromatic rings. The number of aromatic nitrogens is 1. The van der Waals surface area contributed by atoms with Crippen molar-refractivity contribution in [3.05, 3.63) is 72.3 Å². The summed E-state index contributed by atoms with van der Waals surface area (Å²) < 4.78 is 31.1. The summed E-state index contributed by atoms with van der Waals surface area (Å²) in [5, 5.41) is 2.94. The van der Waals surface area contributed by atoms with E-state index < -0.39 is 10.0 Å². The predicted octanol–water partition coefficient (Wildman–Crippen LogP) is 4.22. The number of hydrogen-bond acceptors (Lipinski definition) is 5. The molecule has 0 aliphatic carbocycles. The minimum absolute atomic E-state index is 0.0619. The summed E-state index contributed by atoms with van der Waals surface area (Å²) in [6.45, 7) is 0.992. The summed E-state index contributed by atoms with van der Waals surface area (Å²) in [6.07, 6.45) is 2.34. The lowest BCUT2D eigenvalue weighted by molar-refractivity contribution is 0.0713. The van der Waals surface area contributed by atoms with Crippen LogP contribution in [-0.2, 0) is 10.0 Å². The monoisotopic (exact) mass is 489 g/mol. The molecule has 0 atom stereocenters. The Kier molecular flexibility index (Phi) is 6.17. The molecule has 35 heavy (non-hydrogen) atoms. The number of pyridine rings is 1. The number of ether oxygens (including phenoxy) is 1. The van der Waals surface area contributed by atoms with E-state index in [0.29, 0.717) is 31.5 Å². The van der Waals surface area contributed by atoms with Crippen LogP contribution in [0.5, 0.6) is 5.75 Å². The normalized spacial score (nSPS) is 15.0.